The zero-order valence-corrected chi connectivity index (χ0v) is 33.8. The highest BCUT2D eigenvalue weighted by Gasteiger charge is 2.56. The molecule has 3 amide bonds. The standard InChI is InChI=1S/C41H44N10O7S/c1-40(2,3)57-39(55)47-38-45-31(25-59-38)33(49-58-41(17-18-41)37(54)56-34(27-13-7-5-8-14-27)28-15-9-6-10-16-28)36(53)46-32-30(44-35(32)52)24-51-43-22-29(48-51)21-42-20-26-12-11-19-50(4)23-26/h5-16,19,22-23,25,30,32,34,42H,17-18,20-21,24H2,1-4H3,(H2-,44,45,46,47,52,53,55)/p+1/b49-33-/t30-,32+/m1/s1. The van der Waals surface area contributed by atoms with Crippen molar-refractivity contribution in [1.29, 1.82) is 0 Å². The van der Waals surface area contributed by atoms with Gasteiger partial charge in [-0.2, -0.15) is 15.0 Å². The van der Waals surface area contributed by atoms with Crippen LogP contribution in [0.4, 0.5) is 9.93 Å². The minimum Gasteiger partial charge on any atom is -0.450 e. The van der Waals surface area contributed by atoms with Crippen LogP contribution in [0.2, 0.25) is 0 Å². The first-order chi connectivity index (χ1) is 28.3. The lowest BCUT2D eigenvalue weighted by Gasteiger charge is -2.36. The lowest BCUT2D eigenvalue weighted by atomic mass is 9.98. The van der Waals surface area contributed by atoms with Gasteiger partial charge in [0.15, 0.2) is 29.3 Å². The topological polar surface area (TPSA) is 204 Å². The Labute approximate surface area is 344 Å². The monoisotopic (exact) mass is 821 g/mol. The zero-order valence-electron chi connectivity index (χ0n) is 33.0. The summed E-state index contributed by atoms with van der Waals surface area (Å²) in [6, 6.07) is 21.1. The molecule has 1 aliphatic carbocycles. The van der Waals surface area contributed by atoms with Crippen molar-refractivity contribution in [1.82, 2.24) is 35.9 Å². The van der Waals surface area contributed by atoms with Crippen LogP contribution < -0.4 is 25.8 Å². The zero-order chi connectivity index (χ0) is 41.6. The Kier molecular flexibility index (Phi) is 12.1. The molecule has 0 radical (unpaired) electrons. The fourth-order valence-electron chi connectivity index (χ4n) is 6.15. The van der Waals surface area contributed by atoms with Crippen molar-refractivity contribution >= 4 is 46.1 Å². The molecule has 2 fully saturated rings. The molecule has 18 heteroatoms. The number of aryl methyl sites for hydroxylation is 1. The van der Waals surface area contributed by atoms with E-state index in [0.29, 0.717) is 18.8 Å². The quantitative estimate of drug-likeness (QED) is 0.0373. The number of anilines is 1. The highest BCUT2D eigenvalue weighted by atomic mass is 32.1. The number of hydrogen-bond acceptors (Lipinski definition) is 13. The first kappa shape index (κ1) is 40.7. The number of hydrogen-bond donors (Lipinski definition) is 4. The van der Waals surface area contributed by atoms with Crippen LogP contribution in [0.5, 0.6) is 0 Å². The number of amides is 3. The lowest BCUT2D eigenvalue weighted by molar-refractivity contribution is -0.671. The van der Waals surface area contributed by atoms with Crippen molar-refractivity contribution in [2.75, 3.05) is 5.32 Å². The number of aromatic nitrogens is 5. The van der Waals surface area contributed by atoms with Gasteiger partial charge in [-0.3, -0.25) is 14.9 Å². The third-order valence-electron chi connectivity index (χ3n) is 9.27. The van der Waals surface area contributed by atoms with Crippen LogP contribution in [-0.2, 0) is 55.4 Å². The second kappa shape index (κ2) is 17.5. The van der Waals surface area contributed by atoms with Crippen molar-refractivity contribution in [3.63, 3.8) is 0 Å². The van der Waals surface area contributed by atoms with E-state index >= 15 is 0 Å². The van der Waals surface area contributed by atoms with E-state index in [0.717, 1.165) is 28.0 Å². The number of ether oxygens (including phenoxy) is 2. The van der Waals surface area contributed by atoms with Crippen LogP contribution in [0.3, 0.4) is 0 Å². The molecule has 0 bridgehead atoms. The highest BCUT2D eigenvalue weighted by molar-refractivity contribution is 7.14. The molecular formula is C41H45N10O7S+. The summed E-state index contributed by atoms with van der Waals surface area (Å²) < 4.78 is 13.4. The number of rotatable bonds is 16. The molecule has 1 aliphatic heterocycles. The molecule has 59 heavy (non-hydrogen) atoms. The summed E-state index contributed by atoms with van der Waals surface area (Å²) in [4.78, 5) is 64.9. The summed E-state index contributed by atoms with van der Waals surface area (Å²) in [5.41, 5.74) is 0.833. The van der Waals surface area contributed by atoms with Crippen molar-refractivity contribution in [2.45, 2.75) is 82.6 Å². The molecule has 3 aromatic heterocycles. The van der Waals surface area contributed by atoms with Gasteiger partial charge >= 0.3 is 12.1 Å². The maximum Gasteiger partial charge on any atom is 0.413 e. The molecule has 306 valence electrons. The summed E-state index contributed by atoms with van der Waals surface area (Å²) in [6.45, 7) is 6.47. The van der Waals surface area contributed by atoms with E-state index in [9.17, 15) is 19.2 Å². The van der Waals surface area contributed by atoms with Gasteiger partial charge in [0.1, 0.15) is 24.4 Å². The number of carbonyl (C=O) groups is 4. The minimum absolute atomic E-state index is 0.0283. The predicted octanol–water partition coefficient (Wildman–Crippen LogP) is 3.47. The average molecular weight is 822 g/mol. The molecule has 7 rings (SSSR count). The number of carbonyl (C=O) groups excluding carboxylic acids is 4. The lowest BCUT2D eigenvalue weighted by Crippen LogP contribution is -2.70. The molecule has 1 saturated heterocycles. The van der Waals surface area contributed by atoms with Crippen molar-refractivity contribution in [2.24, 2.45) is 12.2 Å². The molecule has 4 N–H and O–H groups in total. The van der Waals surface area contributed by atoms with Gasteiger partial charge in [-0.05, 0) is 38.0 Å². The Morgan fingerprint density at radius 3 is 2.39 bits per heavy atom. The average Bonchev–Trinajstić information content (AvgIpc) is 3.64. The van der Waals surface area contributed by atoms with E-state index in [1.807, 2.05) is 96.8 Å². The smallest absolute Gasteiger partial charge is 0.413 e. The fraction of sp³-hybridized carbons (Fsp3) is 0.341. The molecule has 0 spiro atoms. The van der Waals surface area contributed by atoms with Gasteiger partial charge in [0.25, 0.3) is 5.91 Å². The van der Waals surface area contributed by atoms with Crippen LogP contribution in [-0.4, -0.2) is 72.9 Å². The summed E-state index contributed by atoms with van der Waals surface area (Å²) in [7, 11) is 1.96. The summed E-state index contributed by atoms with van der Waals surface area (Å²) in [6.07, 6.45) is 4.74. The summed E-state index contributed by atoms with van der Waals surface area (Å²) in [5.74, 6) is -1.88. The van der Waals surface area contributed by atoms with Gasteiger partial charge < -0.3 is 30.3 Å². The predicted molar refractivity (Wildman–Crippen MR) is 214 cm³/mol. The largest absolute Gasteiger partial charge is 0.450 e. The Morgan fingerprint density at radius 2 is 1.75 bits per heavy atom. The Morgan fingerprint density at radius 1 is 1.03 bits per heavy atom. The van der Waals surface area contributed by atoms with Gasteiger partial charge in [0, 0.05) is 42.9 Å². The van der Waals surface area contributed by atoms with Gasteiger partial charge in [0.05, 0.1) is 24.5 Å². The summed E-state index contributed by atoms with van der Waals surface area (Å²) in [5, 5.41) is 26.1. The fourth-order valence-corrected chi connectivity index (χ4v) is 6.83. The molecule has 0 unspecified atom stereocenters. The van der Waals surface area contributed by atoms with Crippen molar-refractivity contribution in [3.8, 4) is 0 Å². The first-order valence-electron chi connectivity index (χ1n) is 19.0. The maximum atomic E-state index is 14.0. The van der Waals surface area contributed by atoms with E-state index < -0.39 is 53.3 Å². The number of β-lactam (4-membered cyclic amide) rings is 1. The second-order valence-electron chi connectivity index (χ2n) is 15.2. The van der Waals surface area contributed by atoms with Crippen LogP contribution in [0.1, 0.15) is 67.8 Å². The molecule has 4 heterocycles. The van der Waals surface area contributed by atoms with Crippen molar-refractivity contribution in [3.05, 3.63) is 125 Å². The van der Waals surface area contributed by atoms with Gasteiger partial charge in [0.2, 0.25) is 11.5 Å². The Bertz CT molecular complexity index is 2280. The first-order valence-corrected chi connectivity index (χ1v) is 19.9. The van der Waals surface area contributed by atoms with Crippen LogP contribution >= 0.6 is 11.3 Å². The normalized spacial score (nSPS) is 17.0. The van der Waals surface area contributed by atoms with E-state index in [1.54, 1.807) is 27.0 Å². The maximum absolute atomic E-state index is 14.0. The number of pyridine rings is 1. The number of thiazole rings is 1. The SMILES string of the molecule is C[n+]1cccc(CNCc2cnn(C[C@H]3NC(=O)[C@H]3NC(=O)/C(=N\OC3(C(=O)OC(c4ccccc4)c4ccccc4)CC3)c3csc(NC(=O)OC(C)(C)C)n3)n2)c1. The number of oxime groups is 1. The Hall–Kier alpha value is -6.53. The van der Waals surface area contributed by atoms with E-state index in [-0.39, 0.29) is 35.9 Å². The van der Waals surface area contributed by atoms with Crippen LogP contribution in [0, 0.1) is 0 Å². The van der Waals surface area contributed by atoms with E-state index in [2.05, 4.69) is 41.6 Å². The van der Waals surface area contributed by atoms with Crippen LogP contribution in [0.25, 0.3) is 0 Å². The molecule has 2 atom stereocenters. The molecule has 2 aliphatic rings. The highest BCUT2D eigenvalue weighted by Crippen LogP contribution is 2.43. The number of nitrogens with zero attached hydrogens (tertiary/aromatic N) is 6. The van der Waals surface area contributed by atoms with Gasteiger partial charge in [-0.15, -0.1) is 11.3 Å². The minimum atomic E-state index is -1.46. The second-order valence-corrected chi connectivity index (χ2v) is 16.1. The van der Waals surface area contributed by atoms with E-state index in [1.165, 1.54) is 10.2 Å². The number of benzene rings is 2. The molecule has 2 aromatic carbocycles. The van der Waals surface area contributed by atoms with Gasteiger partial charge in [-0.1, -0.05) is 65.8 Å². The molecular weight excluding hydrogens is 777 g/mol. The summed E-state index contributed by atoms with van der Waals surface area (Å²) >= 11 is 1.02. The molecule has 1 saturated carbocycles. The Balaban J connectivity index is 1.05. The number of esters is 1. The van der Waals surface area contributed by atoms with Crippen molar-refractivity contribution < 1.29 is 38.1 Å². The third-order valence-corrected chi connectivity index (χ3v) is 10.0. The molecule has 5 aromatic rings. The van der Waals surface area contributed by atoms with Crippen LogP contribution in [0.15, 0.2) is 102 Å². The van der Waals surface area contributed by atoms with Gasteiger partial charge in [-0.25, -0.2) is 19.1 Å². The number of nitrogens with one attached hydrogen (secondary N) is 4. The molecule has 17 nitrogen and oxygen atoms in total. The third kappa shape index (κ3) is 10.5. The van der Waals surface area contributed by atoms with E-state index in [4.69, 9.17) is 14.3 Å².